The minimum Gasteiger partial charge on any atom is -0.399 e. The summed E-state index contributed by atoms with van der Waals surface area (Å²) in [5.74, 6) is 0.0140. The summed E-state index contributed by atoms with van der Waals surface area (Å²) >= 11 is 6.46. The van der Waals surface area contributed by atoms with Gasteiger partial charge in [0.25, 0.3) is 5.91 Å². The van der Waals surface area contributed by atoms with Gasteiger partial charge in [0.1, 0.15) is 0 Å². The van der Waals surface area contributed by atoms with Crippen LogP contribution >= 0.6 is 24.0 Å². The molecule has 2 saturated heterocycles. The van der Waals surface area contributed by atoms with E-state index < -0.39 is 18.3 Å². The molecule has 0 aromatic heterocycles. The van der Waals surface area contributed by atoms with Crippen LogP contribution in [0.15, 0.2) is 18.2 Å². The molecule has 1 aromatic rings. The van der Waals surface area contributed by atoms with Gasteiger partial charge in [-0.25, -0.2) is 0 Å². The molecule has 2 aliphatic rings. The topological polar surface area (TPSA) is 50.8 Å². The van der Waals surface area contributed by atoms with Crippen LogP contribution in [0.3, 0.4) is 0 Å². The molecule has 1 amide bonds. The number of nitrogens with zero attached hydrogens (tertiary/aromatic N) is 1. The van der Waals surface area contributed by atoms with Gasteiger partial charge in [-0.1, -0.05) is 17.7 Å². The first-order chi connectivity index (χ1) is 11.6. The number of amides is 1. The predicted molar refractivity (Wildman–Crippen MR) is 108 cm³/mol. The highest BCUT2D eigenvalue weighted by Crippen LogP contribution is 2.37. The summed E-state index contributed by atoms with van der Waals surface area (Å²) < 4.78 is 12.1. The SMILES string of the molecule is CNC1CCN(C(=O)c2ccc(B3OC(C)(C)C(C)(C)O3)c(Cl)c2)C1.Cl. The number of likely N-dealkylation sites (tertiary alicyclic amines) is 1. The molecule has 0 bridgehead atoms. The van der Waals surface area contributed by atoms with Crippen molar-refractivity contribution in [3.8, 4) is 0 Å². The van der Waals surface area contributed by atoms with Gasteiger partial charge in [-0.3, -0.25) is 4.79 Å². The average Bonchev–Trinajstić information content (AvgIpc) is 3.09. The van der Waals surface area contributed by atoms with Crippen molar-refractivity contribution in [2.45, 2.75) is 51.4 Å². The van der Waals surface area contributed by atoms with Gasteiger partial charge in [-0.15, -0.1) is 12.4 Å². The molecule has 0 saturated carbocycles. The van der Waals surface area contributed by atoms with Crippen molar-refractivity contribution >= 4 is 42.5 Å². The number of carbonyl (C=O) groups is 1. The molecule has 2 aliphatic heterocycles. The van der Waals surface area contributed by atoms with Gasteiger partial charge in [-0.2, -0.15) is 0 Å². The van der Waals surface area contributed by atoms with Crippen LogP contribution in [0.4, 0.5) is 0 Å². The van der Waals surface area contributed by atoms with E-state index >= 15 is 0 Å². The van der Waals surface area contributed by atoms with Crippen LogP contribution < -0.4 is 10.8 Å². The highest BCUT2D eigenvalue weighted by molar-refractivity contribution is 6.65. The molecular formula is C18H27BCl2N2O3. The molecule has 8 heteroatoms. The Labute approximate surface area is 167 Å². The zero-order chi connectivity index (χ0) is 18.4. The second-order valence-electron chi connectivity index (χ2n) is 7.85. The van der Waals surface area contributed by atoms with Crippen molar-refractivity contribution in [2.24, 2.45) is 0 Å². The maximum Gasteiger partial charge on any atom is 0.496 e. The van der Waals surface area contributed by atoms with Gasteiger partial charge in [-0.05, 0) is 53.3 Å². The molecule has 5 nitrogen and oxygen atoms in total. The first-order valence-corrected chi connectivity index (χ1v) is 9.14. The number of hydrogen-bond acceptors (Lipinski definition) is 4. The number of nitrogens with one attached hydrogen (secondary N) is 1. The van der Waals surface area contributed by atoms with Crippen molar-refractivity contribution in [3.63, 3.8) is 0 Å². The van der Waals surface area contributed by atoms with Crippen LogP contribution in [0.2, 0.25) is 5.02 Å². The third-order valence-electron chi connectivity index (χ3n) is 5.64. The maximum absolute atomic E-state index is 12.7. The van der Waals surface area contributed by atoms with Gasteiger partial charge in [0.05, 0.1) is 11.2 Å². The lowest BCUT2D eigenvalue weighted by molar-refractivity contribution is 0.00578. The Morgan fingerprint density at radius 2 is 1.88 bits per heavy atom. The smallest absolute Gasteiger partial charge is 0.399 e. The summed E-state index contributed by atoms with van der Waals surface area (Å²) in [6, 6.07) is 5.73. The van der Waals surface area contributed by atoms with E-state index in [0.717, 1.165) is 25.0 Å². The minimum absolute atomic E-state index is 0. The second kappa shape index (κ2) is 7.68. The quantitative estimate of drug-likeness (QED) is 0.792. The number of rotatable bonds is 3. The standard InChI is InChI=1S/C18H26BClN2O3.ClH/c1-17(2)18(3,4)25-19(24-17)14-7-6-12(10-15(14)20)16(23)22-9-8-13(11-22)21-5;/h6-7,10,13,21H,8-9,11H2,1-5H3;1H. The molecule has 144 valence electrons. The van der Waals surface area contributed by atoms with E-state index in [4.69, 9.17) is 20.9 Å². The van der Waals surface area contributed by atoms with Crippen LogP contribution in [0.5, 0.6) is 0 Å². The highest BCUT2D eigenvalue weighted by atomic mass is 35.5. The first-order valence-electron chi connectivity index (χ1n) is 8.76. The molecule has 0 spiro atoms. The van der Waals surface area contributed by atoms with Crippen LogP contribution in [0, 0.1) is 0 Å². The fourth-order valence-corrected chi connectivity index (χ4v) is 3.45. The summed E-state index contributed by atoms with van der Waals surface area (Å²) in [5.41, 5.74) is 0.508. The van der Waals surface area contributed by atoms with Gasteiger partial charge in [0.2, 0.25) is 0 Å². The summed E-state index contributed by atoms with van der Waals surface area (Å²) in [7, 11) is 1.40. The van der Waals surface area contributed by atoms with E-state index in [2.05, 4.69) is 5.32 Å². The Bertz CT molecular complexity index is 668. The summed E-state index contributed by atoms with van der Waals surface area (Å²) in [6.07, 6.45) is 0.974. The second-order valence-corrected chi connectivity index (χ2v) is 8.26. The lowest BCUT2D eigenvalue weighted by Crippen LogP contribution is -2.41. The Kier molecular flexibility index (Phi) is 6.36. The van der Waals surface area contributed by atoms with E-state index in [-0.39, 0.29) is 18.3 Å². The van der Waals surface area contributed by atoms with Gasteiger partial charge in [0, 0.05) is 35.2 Å². The lowest BCUT2D eigenvalue weighted by atomic mass is 9.78. The average molecular weight is 401 g/mol. The van der Waals surface area contributed by atoms with Crippen LogP contribution in [0.1, 0.15) is 44.5 Å². The zero-order valence-electron chi connectivity index (χ0n) is 16.0. The summed E-state index contributed by atoms with van der Waals surface area (Å²) in [4.78, 5) is 14.5. The van der Waals surface area contributed by atoms with Crippen molar-refractivity contribution in [1.82, 2.24) is 10.2 Å². The number of likely N-dealkylation sites (N-methyl/N-ethyl adjacent to an activating group) is 1. The van der Waals surface area contributed by atoms with Crippen molar-refractivity contribution < 1.29 is 14.1 Å². The molecule has 0 radical (unpaired) electrons. The van der Waals surface area contributed by atoms with Gasteiger partial charge >= 0.3 is 7.12 Å². The Morgan fingerprint density at radius 3 is 2.38 bits per heavy atom. The highest BCUT2D eigenvalue weighted by Gasteiger charge is 2.52. The van der Waals surface area contributed by atoms with E-state index in [1.54, 1.807) is 12.1 Å². The molecule has 0 aliphatic carbocycles. The molecule has 2 fully saturated rings. The normalized spacial score (nSPS) is 23.8. The largest absolute Gasteiger partial charge is 0.496 e. The predicted octanol–water partition coefficient (Wildman–Crippen LogP) is 2.49. The first kappa shape index (κ1) is 21.5. The number of carbonyl (C=O) groups excluding carboxylic acids is 1. The molecular weight excluding hydrogens is 374 g/mol. The molecule has 3 rings (SSSR count). The molecule has 1 atom stereocenters. The van der Waals surface area contributed by atoms with Crippen molar-refractivity contribution in [3.05, 3.63) is 28.8 Å². The minimum atomic E-state index is -0.526. The van der Waals surface area contributed by atoms with Crippen LogP contribution in [0.25, 0.3) is 0 Å². The van der Waals surface area contributed by atoms with E-state index in [0.29, 0.717) is 16.6 Å². The number of hydrogen-bond donors (Lipinski definition) is 1. The fourth-order valence-electron chi connectivity index (χ4n) is 3.18. The Morgan fingerprint density at radius 1 is 1.27 bits per heavy atom. The van der Waals surface area contributed by atoms with Gasteiger partial charge < -0.3 is 19.5 Å². The molecule has 1 aromatic carbocycles. The molecule has 1 N–H and O–H groups in total. The van der Waals surface area contributed by atoms with E-state index in [1.807, 2.05) is 45.7 Å². The summed E-state index contributed by atoms with van der Waals surface area (Å²) in [6.45, 7) is 9.51. The number of benzene rings is 1. The van der Waals surface area contributed by atoms with E-state index in [1.165, 1.54) is 0 Å². The fraction of sp³-hybridized carbons (Fsp3) is 0.611. The third-order valence-corrected chi connectivity index (χ3v) is 5.97. The third kappa shape index (κ3) is 3.90. The Hall–Kier alpha value is -0.785. The van der Waals surface area contributed by atoms with Crippen molar-refractivity contribution in [2.75, 3.05) is 20.1 Å². The Balaban J connectivity index is 0.00000243. The zero-order valence-corrected chi connectivity index (χ0v) is 17.5. The monoisotopic (exact) mass is 400 g/mol. The summed E-state index contributed by atoms with van der Waals surface area (Å²) in [5, 5.41) is 3.71. The maximum atomic E-state index is 12.7. The van der Waals surface area contributed by atoms with Crippen molar-refractivity contribution in [1.29, 1.82) is 0 Å². The molecule has 2 heterocycles. The molecule has 26 heavy (non-hydrogen) atoms. The van der Waals surface area contributed by atoms with Crippen LogP contribution in [-0.2, 0) is 9.31 Å². The van der Waals surface area contributed by atoms with E-state index in [9.17, 15) is 4.79 Å². The van der Waals surface area contributed by atoms with Gasteiger partial charge in [0.15, 0.2) is 0 Å². The lowest BCUT2D eigenvalue weighted by Gasteiger charge is -2.32. The van der Waals surface area contributed by atoms with Crippen LogP contribution in [-0.4, -0.2) is 55.3 Å². The number of halogens is 2. The molecule has 1 unspecified atom stereocenters.